The van der Waals surface area contributed by atoms with Crippen LogP contribution in [0.3, 0.4) is 0 Å². The van der Waals surface area contributed by atoms with Crippen LogP contribution in [0.5, 0.6) is 0 Å². The first kappa shape index (κ1) is 20.4. The number of carbonyl (C=O) groups excluding carboxylic acids is 1. The van der Waals surface area contributed by atoms with E-state index in [-0.39, 0.29) is 17.1 Å². The SMILES string of the molecule is C[C@@H](C(=O)NO)N(Cc1ccc([N+](=O)[O-])cc1)S(=O)(=O)c1ccc(F)cc1. The van der Waals surface area contributed by atoms with Crippen molar-refractivity contribution >= 4 is 21.6 Å². The van der Waals surface area contributed by atoms with E-state index in [2.05, 4.69) is 0 Å². The molecule has 0 spiro atoms. The Bertz CT molecular complexity index is 932. The molecule has 0 unspecified atom stereocenters. The number of rotatable bonds is 7. The van der Waals surface area contributed by atoms with Crippen LogP contribution >= 0.6 is 0 Å². The van der Waals surface area contributed by atoms with Crippen LogP contribution in [0.2, 0.25) is 0 Å². The molecule has 0 heterocycles. The lowest BCUT2D eigenvalue weighted by Gasteiger charge is -2.27. The molecule has 0 saturated heterocycles. The van der Waals surface area contributed by atoms with Crippen LogP contribution in [0.15, 0.2) is 53.4 Å². The monoisotopic (exact) mass is 397 g/mol. The predicted octanol–water partition coefficient (Wildman–Crippen LogP) is 1.82. The number of nitro benzene ring substituents is 1. The van der Waals surface area contributed by atoms with E-state index in [0.29, 0.717) is 5.56 Å². The summed E-state index contributed by atoms with van der Waals surface area (Å²) in [6, 6.07) is 7.85. The number of sulfonamides is 1. The quantitative estimate of drug-likeness (QED) is 0.416. The summed E-state index contributed by atoms with van der Waals surface area (Å²) in [6.45, 7) is 0.963. The third-order valence-corrected chi connectivity index (χ3v) is 5.76. The molecule has 0 saturated carbocycles. The third kappa shape index (κ3) is 4.64. The zero-order chi connectivity index (χ0) is 20.2. The van der Waals surface area contributed by atoms with Crippen LogP contribution in [0.1, 0.15) is 12.5 Å². The Balaban J connectivity index is 2.43. The number of amides is 1. The van der Waals surface area contributed by atoms with Gasteiger partial charge >= 0.3 is 0 Å². The molecular weight excluding hydrogens is 381 g/mol. The van der Waals surface area contributed by atoms with Crippen LogP contribution < -0.4 is 5.48 Å². The van der Waals surface area contributed by atoms with Gasteiger partial charge in [0.15, 0.2) is 0 Å². The van der Waals surface area contributed by atoms with Crippen LogP contribution in [0, 0.1) is 15.9 Å². The van der Waals surface area contributed by atoms with Gasteiger partial charge in [-0.2, -0.15) is 4.31 Å². The molecule has 2 N–H and O–H groups in total. The van der Waals surface area contributed by atoms with Crippen LogP contribution in [0.4, 0.5) is 10.1 Å². The van der Waals surface area contributed by atoms with Gasteiger partial charge in [-0.3, -0.25) is 20.1 Å². The second-order valence-corrected chi connectivity index (χ2v) is 7.47. The maximum Gasteiger partial charge on any atom is 0.269 e. The van der Waals surface area contributed by atoms with E-state index in [1.54, 1.807) is 0 Å². The van der Waals surface area contributed by atoms with Gasteiger partial charge in [-0.25, -0.2) is 18.3 Å². The van der Waals surface area contributed by atoms with Gasteiger partial charge in [0.1, 0.15) is 11.9 Å². The minimum absolute atomic E-state index is 0.173. The molecule has 0 bridgehead atoms. The van der Waals surface area contributed by atoms with Gasteiger partial charge in [-0.15, -0.1) is 0 Å². The number of halogens is 1. The summed E-state index contributed by atoms with van der Waals surface area (Å²) in [5.74, 6) is -1.60. The second-order valence-electron chi connectivity index (χ2n) is 5.58. The van der Waals surface area contributed by atoms with Crippen molar-refractivity contribution in [2.24, 2.45) is 0 Å². The first-order valence-electron chi connectivity index (χ1n) is 7.61. The first-order valence-corrected chi connectivity index (χ1v) is 9.05. The lowest BCUT2D eigenvalue weighted by molar-refractivity contribution is -0.384. The minimum Gasteiger partial charge on any atom is -0.289 e. The zero-order valence-corrected chi connectivity index (χ0v) is 14.9. The summed E-state index contributed by atoms with van der Waals surface area (Å²) in [7, 11) is -4.24. The van der Waals surface area contributed by atoms with E-state index in [1.807, 2.05) is 0 Å². The summed E-state index contributed by atoms with van der Waals surface area (Å²) in [5.41, 5.74) is 1.60. The number of nitro groups is 1. The molecule has 0 radical (unpaired) electrons. The fourth-order valence-corrected chi connectivity index (χ4v) is 3.88. The topological polar surface area (TPSA) is 130 Å². The van der Waals surface area contributed by atoms with Gasteiger partial charge in [0, 0.05) is 18.7 Å². The van der Waals surface area contributed by atoms with Crippen molar-refractivity contribution < 1.29 is 27.7 Å². The molecule has 27 heavy (non-hydrogen) atoms. The number of carbonyl (C=O) groups is 1. The molecular formula is C16H16FN3O6S. The number of hydroxylamine groups is 1. The maximum absolute atomic E-state index is 13.1. The average molecular weight is 397 g/mol. The van der Waals surface area contributed by atoms with Gasteiger partial charge in [0.25, 0.3) is 11.6 Å². The molecule has 2 aromatic carbocycles. The fraction of sp³-hybridized carbons (Fsp3) is 0.188. The van der Waals surface area contributed by atoms with Crippen molar-refractivity contribution in [2.45, 2.75) is 24.4 Å². The van der Waals surface area contributed by atoms with E-state index < -0.39 is 32.7 Å². The fourth-order valence-electron chi connectivity index (χ4n) is 2.30. The predicted molar refractivity (Wildman–Crippen MR) is 91.6 cm³/mol. The number of benzene rings is 2. The third-order valence-electron chi connectivity index (χ3n) is 3.83. The Labute approximate surface area is 154 Å². The molecule has 0 aromatic heterocycles. The number of hydrogen-bond acceptors (Lipinski definition) is 6. The average Bonchev–Trinajstić information content (AvgIpc) is 2.65. The van der Waals surface area contributed by atoms with Crippen molar-refractivity contribution in [1.29, 1.82) is 0 Å². The molecule has 11 heteroatoms. The minimum atomic E-state index is -4.24. The first-order chi connectivity index (χ1) is 12.7. The van der Waals surface area contributed by atoms with Crippen LogP contribution in [0.25, 0.3) is 0 Å². The van der Waals surface area contributed by atoms with E-state index in [4.69, 9.17) is 5.21 Å². The van der Waals surface area contributed by atoms with Gasteiger partial charge in [-0.1, -0.05) is 12.1 Å². The molecule has 0 fully saturated rings. The highest BCUT2D eigenvalue weighted by molar-refractivity contribution is 7.89. The largest absolute Gasteiger partial charge is 0.289 e. The smallest absolute Gasteiger partial charge is 0.269 e. The van der Waals surface area contributed by atoms with Crippen molar-refractivity contribution in [2.75, 3.05) is 0 Å². The molecule has 0 aliphatic rings. The van der Waals surface area contributed by atoms with E-state index in [1.165, 1.54) is 36.7 Å². The lowest BCUT2D eigenvalue weighted by atomic mass is 10.2. The number of hydrogen-bond donors (Lipinski definition) is 2. The van der Waals surface area contributed by atoms with Gasteiger partial charge in [-0.05, 0) is 36.8 Å². The summed E-state index contributed by atoms with van der Waals surface area (Å²) in [6.07, 6.45) is 0. The number of nitrogens with zero attached hydrogens (tertiary/aromatic N) is 2. The molecule has 9 nitrogen and oxygen atoms in total. The van der Waals surface area contributed by atoms with Crippen molar-refractivity contribution in [3.8, 4) is 0 Å². The van der Waals surface area contributed by atoms with E-state index >= 15 is 0 Å². The molecule has 1 amide bonds. The molecule has 1 atom stereocenters. The van der Waals surface area contributed by atoms with Gasteiger partial charge in [0.2, 0.25) is 10.0 Å². The number of nitrogens with one attached hydrogen (secondary N) is 1. The highest BCUT2D eigenvalue weighted by Gasteiger charge is 2.33. The number of non-ortho nitro benzene ring substituents is 1. The van der Waals surface area contributed by atoms with Crippen molar-refractivity contribution in [3.05, 3.63) is 70.0 Å². The lowest BCUT2D eigenvalue weighted by Crippen LogP contribution is -2.46. The summed E-state index contributed by atoms with van der Waals surface area (Å²) in [5, 5.41) is 19.6. The molecule has 0 aliphatic carbocycles. The van der Waals surface area contributed by atoms with Gasteiger partial charge in [0.05, 0.1) is 9.82 Å². The normalized spacial score (nSPS) is 12.6. The summed E-state index contributed by atoms with van der Waals surface area (Å²) >= 11 is 0. The molecule has 144 valence electrons. The highest BCUT2D eigenvalue weighted by Crippen LogP contribution is 2.22. The van der Waals surface area contributed by atoms with Gasteiger partial charge < -0.3 is 0 Å². The van der Waals surface area contributed by atoms with Crippen molar-refractivity contribution in [3.63, 3.8) is 0 Å². The van der Waals surface area contributed by atoms with Crippen molar-refractivity contribution in [1.82, 2.24) is 9.79 Å². The highest BCUT2D eigenvalue weighted by atomic mass is 32.2. The molecule has 2 rings (SSSR count). The van der Waals surface area contributed by atoms with E-state index in [0.717, 1.165) is 28.6 Å². The summed E-state index contributed by atoms with van der Waals surface area (Å²) < 4.78 is 39.7. The Hall–Kier alpha value is -2.89. The Morgan fingerprint density at radius 3 is 2.26 bits per heavy atom. The Kier molecular flexibility index (Phi) is 6.20. The molecule has 0 aliphatic heterocycles. The van der Waals surface area contributed by atoms with Crippen LogP contribution in [-0.4, -0.2) is 34.8 Å². The van der Waals surface area contributed by atoms with Crippen LogP contribution in [-0.2, 0) is 21.4 Å². The standard InChI is InChI=1S/C16H16FN3O6S/c1-11(16(21)18-22)19(10-12-2-6-14(7-3-12)20(23)24)27(25,26)15-8-4-13(17)5-9-15/h2-9,11,22H,10H2,1H3,(H,18,21)/t11-/m0/s1. The zero-order valence-electron chi connectivity index (χ0n) is 14.1. The second kappa shape index (κ2) is 8.20. The Morgan fingerprint density at radius 1 is 1.22 bits per heavy atom. The summed E-state index contributed by atoms with van der Waals surface area (Å²) in [4.78, 5) is 21.7. The van der Waals surface area contributed by atoms with E-state index in [9.17, 15) is 27.7 Å². The Morgan fingerprint density at radius 2 is 1.78 bits per heavy atom. The molecule has 2 aromatic rings. The maximum atomic E-state index is 13.1.